The molecule has 106 valence electrons. The number of anilines is 1. The lowest BCUT2D eigenvalue weighted by Gasteiger charge is -2.29. The average molecular weight is 276 g/mol. The summed E-state index contributed by atoms with van der Waals surface area (Å²) in [6, 6.07) is 0. The number of amides is 1. The van der Waals surface area contributed by atoms with Gasteiger partial charge in [-0.25, -0.2) is 0 Å². The number of aryl methyl sites for hydroxylation is 1. The molecule has 1 aliphatic rings. The third-order valence-corrected chi connectivity index (χ3v) is 3.35. The molecule has 0 spiro atoms. The fourth-order valence-corrected chi connectivity index (χ4v) is 2.11. The average Bonchev–Trinajstić information content (AvgIpc) is 2.96. The minimum atomic E-state index is -4.57. The zero-order valence-corrected chi connectivity index (χ0v) is 10.4. The maximum Gasteiger partial charge on any atom is 0.404 e. The highest BCUT2D eigenvalue weighted by Gasteiger charge is 2.61. The normalized spacial score (nSPS) is 23.6. The van der Waals surface area contributed by atoms with Gasteiger partial charge in [-0.15, -0.1) is 0 Å². The van der Waals surface area contributed by atoms with Crippen LogP contribution in [0.4, 0.5) is 18.9 Å². The van der Waals surface area contributed by atoms with E-state index in [1.807, 2.05) is 6.92 Å². The number of aromatic nitrogens is 2. The van der Waals surface area contributed by atoms with Crippen LogP contribution in [0.2, 0.25) is 0 Å². The highest BCUT2D eigenvalue weighted by Crippen LogP contribution is 2.43. The first kappa shape index (κ1) is 13.9. The van der Waals surface area contributed by atoms with Gasteiger partial charge in [0.05, 0.1) is 11.9 Å². The summed E-state index contributed by atoms with van der Waals surface area (Å²) < 4.78 is 40.9. The Morgan fingerprint density at radius 2 is 2.37 bits per heavy atom. The first-order chi connectivity index (χ1) is 8.89. The van der Waals surface area contributed by atoms with Crippen LogP contribution in [-0.2, 0) is 11.3 Å². The van der Waals surface area contributed by atoms with Crippen LogP contribution in [0.3, 0.4) is 0 Å². The largest absolute Gasteiger partial charge is 0.404 e. The zero-order chi connectivity index (χ0) is 14.1. The third kappa shape index (κ3) is 2.44. The highest BCUT2D eigenvalue weighted by atomic mass is 19.4. The lowest BCUT2D eigenvalue weighted by Crippen LogP contribution is -2.49. The Morgan fingerprint density at radius 1 is 1.63 bits per heavy atom. The first-order valence-corrected chi connectivity index (χ1v) is 6.00. The lowest BCUT2D eigenvalue weighted by molar-refractivity contribution is -0.213. The maximum atomic E-state index is 13.1. The molecule has 8 heteroatoms. The minimum Gasteiger partial charge on any atom is -0.323 e. The van der Waals surface area contributed by atoms with E-state index in [-0.39, 0.29) is 25.2 Å². The van der Waals surface area contributed by atoms with E-state index in [4.69, 9.17) is 0 Å². The van der Waals surface area contributed by atoms with Gasteiger partial charge in [0.15, 0.2) is 5.41 Å². The second-order valence-electron chi connectivity index (χ2n) is 4.55. The van der Waals surface area contributed by atoms with Crippen molar-refractivity contribution in [2.45, 2.75) is 26.1 Å². The highest BCUT2D eigenvalue weighted by molar-refractivity contribution is 5.96. The van der Waals surface area contributed by atoms with E-state index in [1.54, 1.807) is 0 Å². The quantitative estimate of drug-likeness (QED) is 0.877. The van der Waals surface area contributed by atoms with E-state index >= 15 is 0 Å². The number of nitrogens with zero attached hydrogens (tertiary/aromatic N) is 2. The molecule has 1 amide bonds. The van der Waals surface area contributed by atoms with Gasteiger partial charge in [-0.2, -0.15) is 18.3 Å². The van der Waals surface area contributed by atoms with Crippen LogP contribution in [0, 0.1) is 5.41 Å². The molecule has 2 heterocycles. The molecule has 1 aromatic rings. The van der Waals surface area contributed by atoms with Crippen LogP contribution < -0.4 is 10.6 Å². The SMILES string of the molecule is CCn1cc(NC(=O)C2(C(F)(F)F)CCNC2)cn1. The summed E-state index contributed by atoms with van der Waals surface area (Å²) in [7, 11) is 0. The monoisotopic (exact) mass is 276 g/mol. The van der Waals surface area contributed by atoms with E-state index < -0.39 is 17.5 Å². The molecule has 0 radical (unpaired) electrons. The molecule has 0 bridgehead atoms. The van der Waals surface area contributed by atoms with Crippen LogP contribution in [0.15, 0.2) is 12.4 Å². The lowest BCUT2D eigenvalue weighted by atomic mass is 9.85. The number of rotatable bonds is 3. The van der Waals surface area contributed by atoms with Crippen LogP contribution in [0.1, 0.15) is 13.3 Å². The van der Waals surface area contributed by atoms with Crippen molar-refractivity contribution in [1.82, 2.24) is 15.1 Å². The first-order valence-electron chi connectivity index (χ1n) is 6.00. The van der Waals surface area contributed by atoms with E-state index in [0.29, 0.717) is 6.54 Å². The Labute approximate surface area is 108 Å². The molecule has 1 saturated heterocycles. The molecule has 0 saturated carbocycles. The van der Waals surface area contributed by atoms with Crippen molar-refractivity contribution >= 4 is 11.6 Å². The zero-order valence-electron chi connectivity index (χ0n) is 10.4. The van der Waals surface area contributed by atoms with Gasteiger partial charge in [0.1, 0.15) is 0 Å². The minimum absolute atomic E-state index is 0.182. The number of halogens is 3. The van der Waals surface area contributed by atoms with Crippen LogP contribution in [0.25, 0.3) is 0 Å². The molecular formula is C11H15F3N4O. The molecule has 1 aliphatic heterocycles. The summed E-state index contributed by atoms with van der Waals surface area (Å²) in [5.41, 5.74) is -2.07. The summed E-state index contributed by atoms with van der Waals surface area (Å²) in [4.78, 5) is 12.0. The van der Waals surface area contributed by atoms with Gasteiger partial charge in [0.2, 0.25) is 5.91 Å². The van der Waals surface area contributed by atoms with Gasteiger partial charge in [-0.1, -0.05) is 0 Å². The van der Waals surface area contributed by atoms with E-state index in [1.165, 1.54) is 17.1 Å². The number of hydrogen-bond acceptors (Lipinski definition) is 3. The van der Waals surface area contributed by atoms with Gasteiger partial charge >= 0.3 is 6.18 Å². The fraction of sp³-hybridized carbons (Fsp3) is 0.636. The molecule has 5 nitrogen and oxygen atoms in total. The predicted molar refractivity (Wildman–Crippen MR) is 62.5 cm³/mol. The molecule has 1 aromatic heterocycles. The summed E-state index contributed by atoms with van der Waals surface area (Å²) in [6.45, 7) is 2.23. The standard InChI is InChI=1S/C11H15F3N4O/c1-2-18-6-8(5-16-18)17-9(19)10(11(12,13)14)3-4-15-7-10/h5-6,15H,2-4,7H2,1H3,(H,17,19). The van der Waals surface area contributed by atoms with Gasteiger partial charge in [0.25, 0.3) is 0 Å². The second kappa shape index (κ2) is 4.84. The molecule has 1 atom stereocenters. The number of carbonyl (C=O) groups is 1. The summed E-state index contributed by atoms with van der Waals surface area (Å²) in [5.74, 6) is -1.03. The van der Waals surface area contributed by atoms with Crippen LogP contribution in [0.5, 0.6) is 0 Å². The van der Waals surface area contributed by atoms with Crippen molar-refractivity contribution in [2.75, 3.05) is 18.4 Å². The van der Waals surface area contributed by atoms with Crippen molar-refractivity contribution in [3.63, 3.8) is 0 Å². The molecule has 0 aromatic carbocycles. The smallest absolute Gasteiger partial charge is 0.323 e. The van der Waals surface area contributed by atoms with Crippen molar-refractivity contribution in [3.8, 4) is 0 Å². The van der Waals surface area contributed by atoms with Crippen LogP contribution in [-0.4, -0.2) is 35.0 Å². The molecule has 0 aliphatic carbocycles. The Balaban J connectivity index is 2.17. The second-order valence-corrected chi connectivity index (χ2v) is 4.55. The maximum absolute atomic E-state index is 13.1. The van der Waals surface area contributed by atoms with Crippen molar-refractivity contribution in [1.29, 1.82) is 0 Å². The van der Waals surface area contributed by atoms with E-state index in [2.05, 4.69) is 15.7 Å². The van der Waals surface area contributed by atoms with Gasteiger partial charge in [-0.3, -0.25) is 9.48 Å². The van der Waals surface area contributed by atoms with Crippen molar-refractivity contribution < 1.29 is 18.0 Å². The third-order valence-electron chi connectivity index (χ3n) is 3.35. The van der Waals surface area contributed by atoms with Gasteiger partial charge in [0, 0.05) is 19.3 Å². The van der Waals surface area contributed by atoms with Gasteiger partial charge < -0.3 is 10.6 Å². The number of carbonyl (C=O) groups excluding carboxylic acids is 1. The Bertz CT molecular complexity index is 463. The Morgan fingerprint density at radius 3 is 2.84 bits per heavy atom. The molecule has 2 rings (SSSR count). The summed E-state index contributed by atoms with van der Waals surface area (Å²) in [5, 5.41) is 8.81. The molecular weight excluding hydrogens is 261 g/mol. The Hall–Kier alpha value is -1.57. The summed E-state index contributed by atoms with van der Waals surface area (Å²) in [6.07, 6.45) is -1.97. The van der Waals surface area contributed by atoms with Crippen molar-refractivity contribution in [3.05, 3.63) is 12.4 Å². The van der Waals surface area contributed by atoms with E-state index in [0.717, 1.165) is 0 Å². The summed E-state index contributed by atoms with van der Waals surface area (Å²) >= 11 is 0. The fourth-order valence-electron chi connectivity index (χ4n) is 2.11. The predicted octanol–water partition coefficient (Wildman–Crippen LogP) is 1.38. The van der Waals surface area contributed by atoms with Crippen LogP contribution >= 0.6 is 0 Å². The number of alkyl halides is 3. The number of nitrogens with one attached hydrogen (secondary N) is 2. The number of hydrogen-bond donors (Lipinski definition) is 2. The van der Waals surface area contributed by atoms with E-state index in [9.17, 15) is 18.0 Å². The van der Waals surface area contributed by atoms with Gasteiger partial charge in [-0.05, 0) is 19.9 Å². The molecule has 1 fully saturated rings. The molecule has 1 unspecified atom stereocenters. The molecule has 2 N–H and O–H groups in total. The Kier molecular flexibility index (Phi) is 3.53. The van der Waals surface area contributed by atoms with Crippen molar-refractivity contribution in [2.24, 2.45) is 5.41 Å². The topological polar surface area (TPSA) is 59.0 Å². The molecule has 19 heavy (non-hydrogen) atoms.